The van der Waals surface area contributed by atoms with Crippen LogP contribution in [0.2, 0.25) is 0 Å². The molecule has 0 amide bonds. The molecule has 2 aromatic carbocycles. The predicted molar refractivity (Wildman–Crippen MR) is 76.3 cm³/mol. The van der Waals surface area contributed by atoms with Crippen LogP contribution in [0.5, 0.6) is 0 Å². The second-order valence-electron chi connectivity index (χ2n) is 4.72. The zero-order valence-corrected chi connectivity index (χ0v) is 11.3. The number of halogens is 2. The standard InChI is InChI=1S/C15H14F2N2O2/c1-19(8-9-4-10(16)6-11(17)5-9)14-3-2-12(18)7-13(14)15(20)21/h2-7H,8,18H2,1H3,(H,20,21). The number of aromatic carboxylic acids is 1. The minimum atomic E-state index is -1.12. The topological polar surface area (TPSA) is 66.6 Å². The van der Waals surface area contributed by atoms with E-state index in [0.717, 1.165) is 6.07 Å². The smallest absolute Gasteiger partial charge is 0.337 e. The van der Waals surface area contributed by atoms with Crippen molar-refractivity contribution in [1.29, 1.82) is 0 Å². The Labute approximate surface area is 120 Å². The van der Waals surface area contributed by atoms with Gasteiger partial charge in [-0.25, -0.2) is 13.6 Å². The zero-order valence-electron chi connectivity index (χ0n) is 11.3. The van der Waals surface area contributed by atoms with Gasteiger partial charge in [0.15, 0.2) is 0 Å². The van der Waals surface area contributed by atoms with E-state index in [-0.39, 0.29) is 12.1 Å². The van der Waals surface area contributed by atoms with Gasteiger partial charge in [0.25, 0.3) is 0 Å². The molecule has 0 saturated carbocycles. The summed E-state index contributed by atoms with van der Waals surface area (Å²) in [4.78, 5) is 12.8. The van der Waals surface area contributed by atoms with E-state index in [1.54, 1.807) is 24.1 Å². The maximum Gasteiger partial charge on any atom is 0.337 e. The van der Waals surface area contributed by atoms with Crippen LogP contribution in [0.25, 0.3) is 0 Å². The quantitative estimate of drug-likeness (QED) is 0.850. The first kappa shape index (κ1) is 14.8. The van der Waals surface area contributed by atoms with Gasteiger partial charge in [-0.3, -0.25) is 0 Å². The summed E-state index contributed by atoms with van der Waals surface area (Å²) in [6, 6.07) is 7.68. The molecule has 0 radical (unpaired) electrons. The lowest BCUT2D eigenvalue weighted by Gasteiger charge is -2.21. The fourth-order valence-electron chi connectivity index (χ4n) is 2.12. The van der Waals surface area contributed by atoms with Crippen LogP contribution < -0.4 is 10.6 Å². The Bertz CT molecular complexity index is 669. The van der Waals surface area contributed by atoms with Crippen molar-refractivity contribution in [3.63, 3.8) is 0 Å². The van der Waals surface area contributed by atoms with Crippen molar-refractivity contribution in [2.45, 2.75) is 6.54 Å². The second kappa shape index (κ2) is 5.78. The Morgan fingerprint density at radius 1 is 1.19 bits per heavy atom. The van der Waals surface area contributed by atoms with Crippen LogP contribution in [0.15, 0.2) is 36.4 Å². The van der Waals surface area contributed by atoms with Crippen LogP contribution in [-0.4, -0.2) is 18.1 Å². The van der Waals surface area contributed by atoms with Crippen molar-refractivity contribution in [1.82, 2.24) is 0 Å². The number of benzene rings is 2. The third-order valence-corrected chi connectivity index (χ3v) is 3.00. The number of carbonyl (C=O) groups is 1. The predicted octanol–water partition coefficient (Wildman–Crippen LogP) is 2.88. The van der Waals surface area contributed by atoms with Crippen molar-refractivity contribution < 1.29 is 18.7 Å². The van der Waals surface area contributed by atoms with E-state index in [4.69, 9.17) is 5.73 Å². The molecule has 0 bridgehead atoms. The molecular weight excluding hydrogens is 278 g/mol. The number of hydrogen-bond acceptors (Lipinski definition) is 3. The van der Waals surface area contributed by atoms with E-state index < -0.39 is 17.6 Å². The number of hydrogen-bond donors (Lipinski definition) is 2. The van der Waals surface area contributed by atoms with Crippen molar-refractivity contribution in [2.75, 3.05) is 17.7 Å². The Balaban J connectivity index is 2.32. The summed E-state index contributed by atoms with van der Waals surface area (Å²) >= 11 is 0. The molecule has 2 rings (SSSR count). The summed E-state index contributed by atoms with van der Waals surface area (Å²) in [5, 5.41) is 9.19. The van der Waals surface area contributed by atoms with Gasteiger partial charge in [0.05, 0.1) is 11.3 Å². The van der Waals surface area contributed by atoms with Gasteiger partial charge in [0.2, 0.25) is 0 Å². The second-order valence-corrected chi connectivity index (χ2v) is 4.72. The van der Waals surface area contributed by atoms with Crippen LogP contribution in [0.4, 0.5) is 20.2 Å². The van der Waals surface area contributed by atoms with E-state index >= 15 is 0 Å². The summed E-state index contributed by atoms with van der Waals surface area (Å²) in [5.41, 5.74) is 6.77. The zero-order chi connectivity index (χ0) is 15.6. The van der Waals surface area contributed by atoms with Crippen LogP contribution in [-0.2, 0) is 6.54 Å². The minimum absolute atomic E-state index is 0.0365. The Morgan fingerprint density at radius 3 is 2.38 bits per heavy atom. The number of carboxylic acids is 1. The van der Waals surface area contributed by atoms with E-state index in [1.807, 2.05) is 0 Å². The highest BCUT2D eigenvalue weighted by atomic mass is 19.1. The molecule has 0 saturated heterocycles. The van der Waals surface area contributed by atoms with Crippen LogP contribution in [0.1, 0.15) is 15.9 Å². The van der Waals surface area contributed by atoms with E-state index in [1.165, 1.54) is 18.2 Å². The third-order valence-electron chi connectivity index (χ3n) is 3.00. The maximum atomic E-state index is 13.2. The van der Waals surface area contributed by atoms with Gasteiger partial charge in [-0.2, -0.15) is 0 Å². The fourth-order valence-corrected chi connectivity index (χ4v) is 2.12. The highest BCUT2D eigenvalue weighted by molar-refractivity contribution is 5.95. The summed E-state index contributed by atoms with van der Waals surface area (Å²) in [5.74, 6) is -2.46. The molecular formula is C15H14F2N2O2. The lowest BCUT2D eigenvalue weighted by atomic mass is 10.1. The van der Waals surface area contributed by atoms with E-state index in [0.29, 0.717) is 16.9 Å². The van der Waals surface area contributed by atoms with Crippen molar-refractivity contribution in [3.05, 3.63) is 59.2 Å². The Hall–Kier alpha value is -2.63. The highest BCUT2D eigenvalue weighted by Crippen LogP contribution is 2.24. The van der Waals surface area contributed by atoms with Crippen molar-refractivity contribution in [3.8, 4) is 0 Å². The average molecular weight is 292 g/mol. The van der Waals surface area contributed by atoms with E-state index in [2.05, 4.69) is 0 Å². The molecule has 2 aromatic rings. The molecule has 0 heterocycles. The number of anilines is 2. The number of rotatable bonds is 4. The first-order valence-electron chi connectivity index (χ1n) is 6.16. The van der Waals surface area contributed by atoms with Gasteiger partial charge in [0, 0.05) is 25.3 Å². The molecule has 110 valence electrons. The van der Waals surface area contributed by atoms with Gasteiger partial charge in [0.1, 0.15) is 11.6 Å². The molecule has 21 heavy (non-hydrogen) atoms. The number of nitrogen functional groups attached to an aromatic ring is 1. The molecule has 0 spiro atoms. The summed E-state index contributed by atoms with van der Waals surface area (Å²) in [6.45, 7) is 0.166. The molecule has 4 nitrogen and oxygen atoms in total. The van der Waals surface area contributed by atoms with Gasteiger partial charge >= 0.3 is 5.97 Å². The highest BCUT2D eigenvalue weighted by Gasteiger charge is 2.14. The number of carboxylic acid groups (broad SMARTS) is 1. The van der Waals surface area contributed by atoms with Crippen LogP contribution in [0.3, 0.4) is 0 Å². The SMILES string of the molecule is CN(Cc1cc(F)cc(F)c1)c1ccc(N)cc1C(=O)O. The molecule has 0 aliphatic carbocycles. The average Bonchev–Trinajstić information content (AvgIpc) is 2.36. The van der Waals surface area contributed by atoms with Crippen molar-refractivity contribution in [2.24, 2.45) is 0 Å². The minimum Gasteiger partial charge on any atom is -0.478 e. The molecule has 6 heteroatoms. The van der Waals surface area contributed by atoms with E-state index in [9.17, 15) is 18.7 Å². The lowest BCUT2D eigenvalue weighted by Crippen LogP contribution is -2.19. The first-order valence-corrected chi connectivity index (χ1v) is 6.16. The Kier molecular flexibility index (Phi) is 4.07. The molecule has 0 aliphatic heterocycles. The third kappa shape index (κ3) is 3.47. The molecule has 0 atom stereocenters. The molecule has 0 fully saturated rings. The van der Waals surface area contributed by atoms with Crippen LogP contribution in [0, 0.1) is 11.6 Å². The Morgan fingerprint density at radius 2 is 1.81 bits per heavy atom. The molecule has 0 aliphatic rings. The van der Waals surface area contributed by atoms with Gasteiger partial charge in [-0.15, -0.1) is 0 Å². The fraction of sp³-hybridized carbons (Fsp3) is 0.133. The van der Waals surface area contributed by atoms with Gasteiger partial charge < -0.3 is 15.7 Å². The first-order chi connectivity index (χ1) is 9.86. The van der Waals surface area contributed by atoms with Crippen LogP contribution >= 0.6 is 0 Å². The summed E-state index contributed by atoms with van der Waals surface area (Å²) in [6.07, 6.45) is 0. The molecule has 0 aromatic heterocycles. The normalized spacial score (nSPS) is 10.4. The van der Waals surface area contributed by atoms with Gasteiger partial charge in [-0.1, -0.05) is 0 Å². The monoisotopic (exact) mass is 292 g/mol. The maximum absolute atomic E-state index is 13.2. The summed E-state index contributed by atoms with van der Waals surface area (Å²) in [7, 11) is 1.64. The summed E-state index contributed by atoms with van der Waals surface area (Å²) < 4.78 is 26.3. The lowest BCUT2D eigenvalue weighted by molar-refractivity contribution is 0.0697. The number of nitrogens with zero attached hydrogens (tertiary/aromatic N) is 1. The van der Waals surface area contributed by atoms with Gasteiger partial charge in [-0.05, 0) is 35.9 Å². The molecule has 0 unspecified atom stereocenters. The molecule has 3 N–H and O–H groups in total. The largest absolute Gasteiger partial charge is 0.478 e. The van der Waals surface area contributed by atoms with Crippen molar-refractivity contribution >= 4 is 17.3 Å². The number of nitrogens with two attached hydrogens (primary N) is 1.